The molecule has 10 heteroatoms. The molecule has 1 atom stereocenters. The van der Waals surface area contributed by atoms with Gasteiger partial charge in [0.1, 0.15) is 11.0 Å². The molecule has 0 bridgehead atoms. The van der Waals surface area contributed by atoms with Crippen molar-refractivity contribution in [1.82, 2.24) is 25.7 Å². The third-order valence-electron chi connectivity index (χ3n) is 3.17. The normalized spacial score (nSPS) is 12.0. The molecule has 130 valence electrons. The predicted molar refractivity (Wildman–Crippen MR) is 95.9 cm³/mol. The molecule has 1 unspecified atom stereocenters. The molecule has 2 heterocycles. The first kappa shape index (κ1) is 17.4. The number of anilines is 1. The van der Waals surface area contributed by atoms with Crippen molar-refractivity contribution in [2.45, 2.75) is 18.7 Å². The molecule has 2 aromatic heterocycles. The minimum absolute atomic E-state index is 0.121. The van der Waals surface area contributed by atoms with E-state index in [-0.39, 0.29) is 17.7 Å². The Bertz CT molecular complexity index is 835. The van der Waals surface area contributed by atoms with Crippen LogP contribution in [0.1, 0.15) is 28.3 Å². The topological polar surface area (TPSA) is 120 Å². The molecule has 0 aliphatic rings. The lowest BCUT2D eigenvalue weighted by atomic mass is 10.1. The molecule has 0 fully saturated rings. The standard InChI is InChI=1S/C15H16N6O2S2/c1-9-17-12(23-21-9)8-24-7-11(22)18-13(10-5-3-2-4-6-10)14-19-20-15(16)25-14/h2-6,13H,7-8H2,1H3,(H2,16,20)(H,18,22). The van der Waals surface area contributed by atoms with Crippen molar-refractivity contribution in [2.75, 3.05) is 11.5 Å². The highest BCUT2D eigenvalue weighted by Crippen LogP contribution is 2.26. The summed E-state index contributed by atoms with van der Waals surface area (Å²) in [6, 6.07) is 9.21. The molecule has 3 aromatic rings. The van der Waals surface area contributed by atoms with E-state index in [1.165, 1.54) is 23.1 Å². The van der Waals surface area contributed by atoms with E-state index >= 15 is 0 Å². The van der Waals surface area contributed by atoms with Crippen molar-refractivity contribution in [3.63, 3.8) is 0 Å². The van der Waals surface area contributed by atoms with Crippen LogP contribution in [0.2, 0.25) is 0 Å². The van der Waals surface area contributed by atoms with Gasteiger partial charge in [0.15, 0.2) is 5.82 Å². The zero-order valence-electron chi connectivity index (χ0n) is 13.4. The SMILES string of the molecule is Cc1noc(CSCC(=O)NC(c2ccccc2)c2nnc(N)s2)n1. The van der Waals surface area contributed by atoms with Gasteiger partial charge in [0.2, 0.25) is 16.9 Å². The molecule has 0 aliphatic carbocycles. The number of nitrogens with two attached hydrogens (primary N) is 1. The van der Waals surface area contributed by atoms with Crippen molar-refractivity contribution in [1.29, 1.82) is 0 Å². The Balaban J connectivity index is 1.62. The van der Waals surface area contributed by atoms with Gasteiger partial charge in [0.25, 0.3) is 0 Å². The van der Waals surface area contributed by atoms with E-state index in [4.69, 9.17) is 10.3 Å². The van der Waals surface area contributed by atoms with Crippen LogP contribution in [0.3, 0.4) is 0 Å². The summed E-state index contributed by atoms with van der Waals surface area (Å²) in [5, 5.41) is 15.6. The minimum atomic E-state index is -0.380. The lowest BCUT2D eigenvalue weighted by Crippen LogP contribution is -2.30. The van der Waals surface area contributed by atoms with E-state index in [1.54, 1.807) is 6.92 Å². The Kier molecular flexibility index (Phi) is 5.61. The summed E-state index contributed by atoms with van der Waals surface area (Å²) < 4.78 is 5.02. The number of benzene rings is 1. The molecule has 0 saturated heterocycles. The van der Waals surface area contributed by atoms with Gasteiger partial charge in [-0.2, -0.15) is 4.98 Å². The first-order chi connectivity index (χ1) is 12.1. The summed E-state index contributed by atoms with van der Waals surface area (Å²) in [6.07, 6.45) is 0. The number of carbonyl (C=O) groups excluding carboxylic acids is 1. The number of aryl methyl sites for hydroxylation is 1. The van der Waals surface area contributed by atoms with Crippen molar-refractivity contribution in [3.05, 3.63) is 52.6 Å². The Morgan fingerprint density at radius 1 is 1.36 bits per heavy atom. The maximum Gasteiger partial charge on any atom is 0.236 e. The van der Waals surface area contributed by atoms with Crippen molar-refractivity contribution in [3.8, 4) is 0 Å². The first-order valence-corrected chi connectivity index (χ1v) is 9.39. The fourth-order valence-corrected chi connectivity index (χ4v) is 3.48. The fourth-order valence-electron chi connectivity index (χ4n) is 2.13. The number of aromatic nitrogens is 4. The van der Waals surface area contributed by atoms with E-state index in [0.717, 1.165) is 5.56 Å². The summed E-state index contributed by atoms with van der Waals surface area (Å²) in [6.45, 7) is 1.75. The summed E-state index contributed by atoms with van der Waals surface area (Å²) in [4.78, 5) is 16.4. The molecule has 0 spiro atoms. The molecule has 1 aromatic carbocycles. The van der Waals surface area contributed by atoms with Crippen LogP contribution in [0.5, 0.6) is 0 Å². The molecular formula is C15H16N6O2S2. The van der Waals surface area contributed by atoms with Gasteiger partial charge < -0.3 is 15.6 Å². The molecular weight excluding hydrogens is 360 g/mol. The highest BCUT2D eigenvalue weighted by atomic mass is 32.2. The molecule has 3 rings (SSSR count). The monoisotopic (exact) mass is 376 g/mol. The van der Waals surface area contributed by atoms with Crippen molar-refractivity contribution < 1.29 is 9.32 Å². The number of nitrogens with zero attached hydrogens (tertiary/aromatic N) is 4. The van der Waals surface area contributed by atoms with Crippen LogP contribution < -0.4 is 11.1 Å². The highest BCUT2D eigenvalue weighted by Gasteiger charge is 2.21. The number of carbonyl (C=O) groups is 1. The Labute approximate surface area is 152 Å². The fraction of sp³-hybridized carbons (Fsp3) is 0.267. The van der Waals surface area contributed by atoms with Gasteiger partial charge in [-0.1, -0.05) is 46.8 Å². The lowest BCUT2D eigenvalue weighted by Gasteiger charge is -2.16. The minimum Gasteiger partial charge on any atom is -0.374 e. The average Bonchev–Trinajstić information content (AvgIpc) is 3.22. The Morgan fingerprint density at radius 3 is 2.80 bits per heavy atom. The second kappa shape index (κ2) is 8.08. The van der Waals surface area contributed by atoms with Crippen molar-refractivity contribution >= 4 is 34.1 Å². The summed E-state index contributed by atoms with van der Waals surface area (Å²) in [5.74, 6) is 1.71. The smallest absolute Gasteiger partial charge is 0.236 e. The first-order valence-electron chi connectivity index (χ1n) is 7.42. The molecule has 0 saturated carbocycles. The van der Waals surface area contributed by atoms with Crippen LogP contribution in [0.15, 0.2) is 34.9 Å². The quantitative estimate of drug-likeness (QED) is 0.642. The Hall–Kier alpha value is -2.46. The van der Waals surface area contributed by atoms with E-state index in [0.29, 0.717) is 27.6 Å². The van der Waals surface area contributed by atoms with Gasteiger partial charge in [-0.25, -0.2) is 0 Å². The van der Waals surface area contributed by atoms with Crippen molar-refractivity contribution in [2.24, 2.45) is 0 Å². The summed E-state index contributed by atoms with van der Waals surface area (Å²) in [5.41, 5.74) is 6.60. The van der Waals surface area contributed by atoms with E-state index in [2.05, 4.69) is 25.7 Å². The molecule has 3 N–H and O–H groups in total. The van der Waals surface area contributed by atoms with Crippen LogP contribution in [-0.4, -0.2) is 32.0 Å². The zero-order chi connectivity index (χ0) is 17.6. The number of hydrogen-bond acceptors (Lipinski definition) is 9. The third kappa shape index (κ3) is 4.77. The summed E-state index contributed by atoms with van der Waals surface area (Å²) >= 11 is 2.66. The molecule has 25 heavy (non-hydrogen) atoms. The second-order valence-corrected chi connectivity index (χ2v) is 7.14. The number of amides is 1. The molecule has 0 radical (unpaired) electrons. The van der Waals surface area contributed by atoms with Gasteiger partial charge >= 0.3 is 0 Å². The van der Waals surface area contributed by atoms with Gasteiger partial charge in [-0.15, -0.1) is 22.0 Å². The van der Waals surface area contributed by atoms with Crippen LogP contribution >= 0.6 is 23.1 Å². The van der Waals surface area contributed by atoms with Crippen LogP contribution in [0.25, 0.3) is 0 Å². The van der Waals surface area contributed by atoms with Crippen LogP contribution in [0, 0.1) is 6.92 Å². The van der Waals surface area contributed by atoms with Gasteiger partial charge in [0.05, 0.1) is 11.5 Å². The molecule has 0 aliphatic heterocycles. The van der Waals surface area contributed by atoms with Gasteiger partial charge in [-0.05, 0) is 12.5 Å². The summed E-state index contributed by atoms with van der Waals surface area (Å²) in [7, 11) is 0. The predicted octanol–water partition coefficient (Wildman–Crippen LogP) is 1.95. The third-order valence-corrected chi connectivity index (χ3v) is 4.90. The average molecular weight is 376 g/mol. The van der Waals surface area contributed by atoms with Crippen LogP contribution in [-0.2, 0) is 10.5 Å². The van der Waals surface area contributed by atoms with Crippen LogP contribution in [0.4, 0.5) is 5.13 Å². The number of nitrogens with one attached hydrogen (secondary N) is 1. The van der Waals surface area contributed by atoms with E-state index in [1.807, 2.05) is 30.3 Å². The number of hydrogen-bond donors (Lipinski definition) is 2. The number of nitrogen functional groups attached to an aromatic ring is 1. The largest absolute Gasteiger partial charge is 0.374 e. The van der Waals surface area contributed by atoms with E-state index in [9.17, 15) is 4.79 Å². The second-order valence-electron chi connectivity index (χ2n) is 5.12. The van der Waals surface area contributed by atoms with Gasteiger partial charge in [0, 0.05) is 0 Å². The van der Waals surface area contributed by atoms with Gasteiger partial charge in [-0.3, -0.25) is 4.79 Å². The Morgan fingerprint density at radius 2 is 2.16 bits per heavy atom. The highest BCUT2D eigenvalue weighted by molar-refractivity contribution is 7.99. The molecule has 1 amide bonds. The number of thioether (sulfide) groups is 1. The van der Waals surface area contributed by atoms with E-state index < -0.39 is 0 Å². The maximum absolute atomic E-state index is 12.3. The molecule has 8 nitrogen and oxygen atoms in total. The number of rotatable bonds is 7. The zero-order valence-corrected chi connectivity index (χ0v) is 15.0. The maximum atomic E-state index is 12.3. The lowest BCUT2D eigenvalue weighted by molar-refractivity contribution is -0.119.